The lowest BCUT2D eigenvalue weighted by atomic mass is 9.77. The second-order valence-corrected chi connectivity index (χ2v) is 6.46. The van der Waals surface area contributed by atoms with Gasteiger partial charge in [-0.2, -0.15) is 0 Å². The molecule has 1 heterocycles. The Kier molecular flexibility index (Phi) is 3.53. The van der Waals surface area contributed by atoms with Gasteiger partial charge in [-0.1, -0.05) is 25.3 Å². The highest BCUT2D eigenvalue weighted by Crippen LogP contribution is 2.47. The minimum Gasteiger partial charge on any atom is -0.495 e. The number of hydrogen-bond acceptors (Lipinski definition) is 3. The van der Waals surface area contributed by atoms with Gasteiger partial charge in [-0.15, -0.1) is 0 Å². The van der Waals surface area contributed by atoms with Crippen LogP contribution in [0.4, 0.5) is 11.4 Å². The molecule has 1 saturated carbocycles. The molecule has 0 bridgehead atoms. The van der Waals surface area contributed by atoms with Crippen molar-refractivity contribution >= 4 is 11.4 Å². The van der Waals surface area contributed by atoms with Gasteiger partial charge in [0, 0.05) is 12.6 Å². The summed E-state index contributed by atoms with van der Waals surface area (Å²) in [5.41, 5.74) is 2.78. The number of benzene rings is 1. The Labute approximate surface area is 122 Å². The molecule has 20 heavy (non-hydrogen) atoms. The molecular weight excluding hydrogens is 248 g/mol. The summed E-state index contributed by atoms with van der Waals surface area (Å²) in [4.78, 5) is 2.65. The lowest BCUT2D eigenvalue weighted by Gasteiger charge is -2.53. The number of hydrogen-bond donors (Lipinski definition) is 1. The van der Waals surface area contributed by atoms with Crippen molar-refractivity contribution in [3.05, 3.63) is 18.2 Å². The first-order valence-electron chi connectivity index (χ1n) is 7.88. The standard InChI is InChI=1S/C17H26N2O/c1-13(2)19-14-8-7-9-15(20-3)16(14)18-12-17(19)10-5-4-6-11-17/h7-9,13,18H,4-6,10-12H2,1-3H3. The van der Waals surface area contributed by atoms with E-state index in [1.165, 1.54) is 43.5 Å². The largest absolute Gasteiger partial charge is 0.495 e. The summed E-state index contributed by atoms with van der Waals surface area (Å²) in [6.45, 7) is 5.66. The first-order valence-corrected chi connectivity index (χ1v) is 7.88. The Hall–Kier alpha value is -1.38. The average Bonchev–Trinajstić information content (AvgIpc) is 2.46. The Morgan fingerprint density at radius 2 is 1.95 bits per heavy atom. The molecule has 1 fully saturated rings. The summed E-state index contributed by atoms with van der Waals surface area (Å²) >= 11 is 0. The molecule has 1 aromatic rings. The zero-order valence-electron chi connectivity index (χ0n) is 12.9. The van der Waals surface area contributed by atoms with Crippen LogP contribution in [-0.2, 0) is 0 Å². The van der Waals surface area contributed by atoms with Crippen molar-refractivity contribution in [2.45, 2.75) is 57.5 Å². The highest BCUT2D eigenvalue weighted by atomic mass is 16.5. The summed E-state index contributed by atoms with van der Waals surface area (Å²) < 4.78 is 5.53. The van der Waals surface area contributed by atoms with Crippen molar-refractivity contribution in [2.75, 3.05) is 23.9 Å². The summed E-state index contributed by atoms with van der Waals surface area (Å²) in [6.07, 6.45) is 6.69. The molecule has 3 nitrogen and oxygen atoms in total. The van der Waals surface area contributed by atoms with E-state index in [1.807, 2.05) is 6.07 Å². The molecule has 0 radical (unpaired) electrons. The van der Waals surface area contributed by atoms with E-state index in [0.717, 1.165) is 12.3 Å². The molecule has 110 valence electrons. The van der Waals surface area contributed by atoms with E-state index in [-0.39, 0.29) is 0 Å². The zero-order chi connectivity index (χ0) is 14.2. The number of fused-ring (bicyclic) bond motifs is 1. The molecule has 3 heteroatoms. The van der Waals surface area contributed by atoms with E-state index >= 15 is 0 Å². The van der Waals surface area contributed by atoms with Crippen LogP contribution in [0.3, 0.4) is 0 Å². The maximum atomic E-state index is 5.53. The molecule has 2 aliphatic rings. The number of para-hydroxylation sites is 1. The third-order valence-corrected chi connectivity index (χ3v) is 4.89. The van der Waals surface area contributed by atoms with Gasteiger partial charge in [0.2, 0.25) is 0 Å². The number of rotatable bonds is 2. The van der Waals surface area contributed by atoms with Crippen LogP contribution in [0.5, 0.6) is 5.75 Å². The minimum atomic E-state index is 0.297. The zero-order valence-corrected chi connectivity index (χ0v) is 12.9. The average molecular weight is 274 g/mol. The second kappa shape index (κ2) is 5.19. The van der Waals surface area contributed by atoms with Gasteiger partial charge < -0.3 is 15.0 Å². The molecule has 1 spiro atoms. The van der Waals surface area contributed by atoms with Gasteiger partial charge in [-0.25, -0.2) is 0 Å². The minimum absolute atomic E-state index is 0.297. The summed E-state index contributed by atoms with van der Waals surface area (Å²) in [7, 11) is 1.75. The van der Waals surface area contributed by atoms with Crippen LogP contribution >= 0.6 is 0 Å². The Balaban J connectivity index is 2.06. The van der Waals surface area contributed by atoms with Crippen molar-refractivity contribution in [3.63, 3.8) is 0 Å². The molecule has 0 atom stereocenters. The molecule has 1 N–H and O–H groups in total. The van der Waals surface area contributed by atoms with Crippen LogP contribution in [0.1, 0.15) is 46.0 Å². The molecule has 1 aromatic carbocycles. The molecular formula is C17H26N2O. The monoisotopic (exact) mass is 274 g/mol. The Morgan fingerprint density at radius 1 is 1.20 bits per heavy atom. The smallest absolute Gasteiger partial charge is 0.144 e. The first-order chi connectivity index (χ1) is 9.68. The highest BCUT2D eigenvalue weighted by Gasteiger charge is 2.43. The van der Waals surface area contributed by atoms with Crippen LogP contribution in [0, 0.1) is 0 Å². The van der Waals surface area contributed by atoms with Crippen molar-refractivity contribution in [3.8, 4) is 5.75 Å². The third-order valence-electron chi connectivity index (χ3n) is 4.89. The van der Waals surface area contributed by atoms with Crippen molar-refractivity contribution in [2.24, 2.45) is 0 Å². The molecule has 0 unspecified atom stereocenters. The van der Waals surface area contributed by atoms with E-state index < -0.39 is 0 Å². The van der Waals surface area contributed by atoms with E-state index in [9.17, 15) is 0 Å². The molecule has 0 amide bonds. The fourth-order valence-corrected chi connectivity index (χ4v) is 4.12. The van der Waals surface area contributed by atoms with Gasteiger partial charge in [-0.05, 0) is 38.8 Å². The van der Waals surface area contributed by atoms with E-state index in [0.29, 0.717) is 11.6 Å². The topological polar surface area (TPSA) is 24.5 Å². The fraction of sp³-hybridized carbons (Fsp3) is 0.647. The van der Waals surface area contributed by atoms with Gasteiger partial charge in [0.05, 0.1) is 18.3 Å². The van der Waals surface area contributed by atoms with Gasteiger partial charge >= 0.3 is 0 Å². The second-order valence-electron chi connectivity index (χ2n) is 6.46. The normalized spacial score (nSPS) is 20.7. The lowest BCUT2D eigenvalue weighted by molar-refractivity contribution is 0.269. The van der Waals surface area contributed by atoms with Crippen molar-refractivity contribution < 1.29 is 4.74 Å². The Morgan fingerprint density at radius 3 is 2.60 bits per heavy atom. The van der Waals surface area contributed by atoms with Crippen LogP contribution < -0.4 is 15.0 Å². The van der Waals surface area contributed by atoms with Crippen LogP contribution in [-0.4, -0.2) is 25.2 Å². The van der Waals surface area contributed by atoms with Crippen LogP contribution in [0.25, 0.3) is 0 Å². The van der Waals surface area contributed by atoms with Gasteiger partial charge in [0.1, 0.15) is 11.4 Å². The number of nitrogens with one attached hydrogen (secondary N) is 1. The fourth-order valence-electron chi connectivity index (χ4n) is 4.12. The molecule has 1 aliphatic carbocycles. The summed E-state index contributed by atoms with van der Waals surface area (Å²) in [5, 5.41) is 3.66. The van der Waals surface area contributed by atoms with E-state index in [2.05, 4.69) is 36.2 Å². The Bertz CT molecular complexity index is 478. The maximum absolute atomic E-state index is 5.53. The van der Waals surface area contributed by atoms with Crippen LogP contribution in [0.15, 0.2) is 18.2 Å². The lowest BCUT2D eigenvalue weighted by Crippen LogP contribution is -2.59. The SMILES string of the molecule is COc1cccc2c1NCC1(CCCCC1)N2C(C)C. The first kappa shape index (κ1) is 13.6. The number of methoxy groups -OCH3 is 1. The van der Waals surface area contributed by atoms with Gasteiger partial charge in [0.15, 0.2) is 0 Å². The van der Waals surface area contributed by atoms with Gasteiger partial charge in [-0.3, -0.25) is 0 Å². The molecule has 0 aromatic heterocycles. The van der Waals surface area contributed by atoms with E-state index in [1.54, 1.807) is 7.11 Å². The summed E-state index contributed by atoms with van der Waals surface area (Å²) in [6, 6.07) is 6.90. The predicted octanol–water partition coefficient (Wildman–Crippen LogP) is 4.04. The molecule has 3 rings (SSSR count). The maximum Gasteiger partial charge on any atom is 0.144 e. The predicted molar refractivity (Wildman–Crippen MR) is 84.9 cm³/mol. The highest BCUT2D eigenvalue weighted by molar-refractivity contribution is 5.80. The molecule has 0 saturated heterocycles. The van der Waals surface area contributed by atoms with Crippen molar-refractivity contribution in [1.29, 1.82) is 0 Å². The molecule has 1 aliphatic heterocycles. The summed E-state index contributed by atoms with van der Waals surface area (Å²) in [5.74, 6) is 0.957. The quantitative estimate of drug-likeness (QED) is 0.881. The number of nitrogens with zero attached hydrogens (tertiary/aromatic N) is 1. The van der Waals surface area contributed by atoms with Crippen molar-refractivity contribution in [1.82, 2.24) is 0 Å². The van der Waals surface area contributed by atoms with Gasteiger partial charge in [0.25, 0.3) is 0 Å². The van der Waals surface area contributed by atoms with Crippen LogP contribution in [0.2, 0.25) is 0 Å². The third kappa shape index (κ3) is 2.04. The number of anilines is 2. The number of ether oxygens (including phenoxy) is 1. The van der Waals surface area contributed by atoms with E-state index in [4.69, 9.17) is 4.74 Å².